The molecular weight excluding hydrogens is 483 g/mol. The summed E-state index contributed by atoms with van der Waals surface area (Å²) < 4.78 is 60.0. The Morgan fingerprint density at radius 3 is 2.49 bits per heavy atom. The first-order valence-corrected chi connectivity index (χ1v) is 12.8. The van der Waals surface area contributed by atoms with Crippen LogP contribution in [0.15, 0.2) is 42.5 Å². The van der Waals surface area contributed by atoms with Crippen LogP contribution >= 0.6 is 0 Å². The lowest BCUT2D eigenvalue weighted by atomic mass is 10.1. The van der Waals surface area contributed by atoms with E-state index in [1.807, 2.05) is 39.0 Å². The molecule has 2 aromatic carbocycles. The molecule has 1 aromatic heterocycles. The fraction of sp³-hybridized carbons (Fsp3) is 0.483. The van der Waals surface area contributed by atoms with Crippen LogP contribution in [-0.4, -0.2) is 22.7 Å². The van der Waals surface area contributed by atoms with Gasteiger partial charge in [-0.2, -0.15) is 13.2 Å². The van der Waals surface area contributed by atoms with Gasteiger partial charge in [0.05, 0.1) is 24.1 Å². The van der Waals surface area contributed by atoms with E-state index in [1.165, 1.54) is 6.07 Å². The number of hydrogen-bond donors (Lipinski definition) is 0. The predicted octanol–water partition coefficient (Wildman–Crippen LogP) is 7.25. The molecule has 0 amide bonds. The average Bonchev–Trinajstić information content (AvgIpc) is 3.45. The monoisotopic (exact) mass is 515 g/mol. The minimum Gasteiger partial charge on any atom is -0.493 e. The summed E-state index contributed by atoms with van der Waals surface area (Å²) >= 11 is 0. The molecule has 1 atom stereocenters. The molecule has 1 aliphatic carbocycles. The highest BCUT2D eigenvalue weighted by molar-refractivity contribution is 5.84. The summed E-state index contributed by atoms with van der Waals surface area (Å²) in [4.78, 5) is 12.5. The van der Waals surface area contributed by atoms with Crippen LogP contribution in [0.4, 0.5) is 13.2 Å². The second-order valence-corrected chi connectivity index (χ2v) is 11.1. The zero-order chi connectivity index (χ0) is 26.4. The second-order valence-electron chi connectivity index (χ2n) is 11.1. The number of hydrogen-bond acceptors (Lipinski definition) is 4. The van der Waals surface area contributed by atoms with E-state index in [9.17, 15) is 18.0 Å². The summed E-state index contributed by atoms with van der Waals surface area (Å²) in [5, 5.41) is 1.03. The highest BCUT2D eigenvalue weighted by Crippen LogP contribution is 2.39. The van der Waals surface area contributed by atoms with Gasteiger partial charge in [0.1, 0.15) is 23.7 Å². The number of fused-ring (bicyclic) bond motifs is 3. The molecule has 1 unspecified atom stereocenters. The quantitative estimate of drug-likeness (QED) is 0.297. The van der Waals surface area contributed by atoms with Crippen molar-refractivity contribution < 1.29 is 32.2 Å². The van der Waals surface area contributed by atoms with Crippen LogP contribution in [0.25, 0.3) is 10.9 Å². The molecule has 0 bridgehead atoms. The first kappa shape index (κ1) is 25.5. The van der Waals surface area contributed by atoms with Gasteiger partial charge in [0.2, 0.25) is 0 Å². The summed E-state index contributed by atoms with van der Waals surface area (Å²) in [6, 6.07) is 11.9. The average molecular weight is 516 g/mol. The van der Waals surface area contributed by atoms with Crippen molar-refractivity contribution in [1.29, 1.82) is 0 Å². The minimum absolute atomic E-state index is 0.00451. The standard InChI is InChI=1S/C29H32F3NO4/c1-28(2,3)37-27(34)14-22-9-8-21-13-20-7-10-23(15-25(20)33(21)22)35-17-19-6-11-26(36-16-18-4-5-18)24(12-19)29(30,31)32/h6-7,10-13,15,18,22H,4-5,8-9,14,16-17H2,1-3H3. The molecule has 3 aromatic rings. The Balaban J connectivity index is 1.31. The zero-order valence-corrected chi connectivity index (χ0v) is 21.4. The molecule has 198 valence electrons. The number of ether oxygens (including phenoxy) is 3. The van der Waals surface area contributed by atoms with Gasteiger partial charge < -0.3 is 18.8 Å². The summed E-state index contributed by atoms with van der Waals surface area (Å²) in [6.45, 7) is 5.87. The third-order valence-electron chi connectivity index (χ3n) is 6.74. The van der Waals surface area contributed by atoms with Crippen molar-refractivity contribution in [1.82, 2.24) is 4.57 Å². The molecule has 1 fully saturated rings. The van der Waals surface area contributed by atoms with Gasteiger partial charge in [0.15, 0.2) is 0 Å². The number of nitrogens with zero attached hydrogens (tertiary/aromatic N) is 1. The molecule has 2 heterocycles. The fourth-order valence-electron chi connectivity index (χ4n) is 4.86. The van der Waals surface area contributed by atoms with Crippen LogP contribution < -0.4 is 9.47 Å². The van der Waals surface area contributed by atoms with Crippen molar-refractivity contribution >= 4 is 16.9 Å². The van der Waals surface area contributed by atoms with Crippen LogP contribution in [0.5, 0.6) is 11.5 Å². The Labute approximate surface area is 214 Å². The van der Waals surface area contributed by atoms with E-state index in [-0.39, 0.29) is 30.8 Å². The molecular formula is C29H32F3NO4. The molecule has 5 nitrogen and oxygen atoms in total. The third kappa shape index (κ3) is 6.05. The van der Waals surface area contributed by atoms with Crippen molar-refractivity contribution in [3.05, 3.63) is 59.3 Å². The number of rotatable bonds is 8. The number of alkyl halides is 3. The normalized spacial score (nSPS) is 17.6. The molecule has 2 aliphatic rings. The van der Waals surface area contributed by atoms with Gasteiger partial charge >= 0.3 is 12.1 Å². The number of esters is 1. The van der Waals surface area contributed by atoms with Crippen molar-refractivity contribution in [3.8, 4) is 11.5 Å². The predicted molar refractivity (Wildman–Crippen MR) is 134 cm³/mol. The Morgan fingerprint density at radius 1 is 1.00 bits per heavy atom. The van der Waals surface area contributed by atoms with Crippen molar-refractivity contribution in [2.24, 2.45) is 5.92 Å². The van der Waals surface area contributed by atoms with Gasteiger partial charge in [-0.1, -0.05) is 6.07 Å². The van der Waals surface area contributed by atoms with E-state index in [2.05, 4.69) is 10.6 Å². The van der Waals surface area contributed by atoms with E-state index >= 15 is 0 Å². The van der Waals surface area contributed by atoms with Crippen LogP contribution in [0.2, 0.25) is 0 Å². The molecule has 0 N–H and O–H groups in total. The molecule has 1 saturated carbocycles. The van der Waals surface area contributed by atoms with Crippen LogP contribution in [0, 0.1) is 5.92 Å². The van der Waals surface area contributed by atoms with E-state index < -0.39 is 17.3 Å². The van der Waals surface area contributed by atoms with Crippen molar-refractivity contribution in [3.63, 3.8) is 0 Å². The van der Waals surface area contributed by atoms with Gasteiger partial charge in [-0.05, 0) is 88.3 Å². The van der Waals surface area contributed by atoms with Crippen LogP contribution in [0.1, 0.15) is 69.3 Å². The minimum atomic E-state index is -4.51. The lowest BCUT2D eigenvalue weighted by Crippen LogP contribution is -2.25. The van der Waals surface area contributed by atoms with Gasteiger partial charge in [0, 0.05) is 23.2 Å². The number of benzene rings is 2. The molecule has 1 aliphatic heterocycles. The molecule has 0 radical (unpaired) electrons. The van der Waals surface area contributed by atoms with Crippen molar-refractivity contribution in [2.75, 3.05) is 6.61 Å². The molecule has 8 heteroatoms. The maximum atomic E-state index is 13.7. The second kappa shape index (κ2) is 9.62. The lowest BCUT2D eigenvalue weighted by Gasteiger charge is -2.22. The van der Waals surface area contributed by atoms with Crippen LogP contribution in [0.3, 0.4) is 0 Å². The molecule has 0 spiro atoms. The smallest absolute Gasteiger partial charge is 0.419 e. The van der Waals surface area contributed by atoms with Crippen molar-refractivity contribution in [2.45, 2.75) is 77.3 Å². The third-order valence-corrected chi connectivity index (χ3v) is 6.74. The first-order valence-electron chi connectivity index (χ1n) is 12.8. The van der Waals surface area contributed by atoms with Gasteiger partial charge in [0.25, 0.3) is 0 Å². The van der Waals surface area contributed by atoms with Gasteiger partial charge in [-0.3, -0.25) is 4.79 Å². The van der Waals surface area contributed by atoms with E-state index in [1.54, 1.807) is 6.07 Å². The zero-order valence-electron chi connectivity index (χ0n) is 21.4. The highest BCUT2D eigenvalue weighted by atomic mass is 19.4. The van der Waals surface area contributed by atoms with Crippen LogP contribution in [-0.2, 0) is 28.7 Å². The highest BCUT2D eigenvalue weighted by Gasteiger charge is 2.35. The van der Waals surface area contributed by atoms with E-state index in [4.69, 9.17) is 14.2 Å². The Morgan fingerprint density at radius 2 is 1.78 bits per heavy atom. The molecule has 5 rings (SSSR count). The Kier molecular flexibility index (Phi) is 6.62. The summed E-state index contributed by atoms with van der Waals surface area (Å²) in [6.07, 6.45) is -0.495. The topological polar surface area (TPSA) is 49.7 Å². The number of carbonyl (C=O) groups is 1. The fourth-order valence-corrected chi connectivity index (χ4v) is 4.86. The summed E-state index contributed by atoms with van der Waals surface area (Å²) in [7, 11) is 0. The maximum Gasteiger partial charge on any atom is 0.419 e. The number of carbonyl (C=O) groups excluding carboxylic acids is 1. The van der Waals surface area contributed by atoms with Gasteiger partial charge in [-0.25, -0.2) is 0 Å². The SMILES string of the molecule is CC(C)(C)OC(=O)CC1CCc2cc3ccc(OCc4ccc(OCC5CC5)c(C(F)(F)F)c4)cc3n21. The Bertz CT molecular complexity index is 1300. The van der Waals surface area contributed by atoms with E-state index in [0.717, 1.165) is 48.3 Å². The van der Waals surface area contributed by atoms with Gasteiger partial charge in [-0.15, -0.1) is 0 Å². The maximum absolute atomic E-state index is 13.7. The summed E-state index contributed by atoms with van der Waals surface area (Å²) in [5.41, 5.74) is 1.19. The molecule has 37 heavy (non-hydrogen) atoms. The number of halogens is 3. The number of aromatic nitrogens is 1. The van der Waals surface area contributed by atoms with E-state index in [0.29, 0.717) is 23.8 Å². The lowest BCUT2D eigenvalue weighted by molar-refractivity contribution is -0.155. The first-order chi connectivity index (χ1) is 17.5. The molecule has 0 saturated heterocycles. The number of aryl methyl sites for hydroxylation is 1. The Hall–Kier alpha value is -3.16. The largest absolute Gasteiger partial charge is 0.493 e. The summed E-state index contributed by atoms with van der Waals surface area (Å²) in [5.74, 6) is 0.547.